The Morgan fingerprint density at radius 3 is 2.43 bits per heavy atom. The van der Waals surface area contributed by atoms with Gasteiger partial charge in [0.25, 0.3) is 15.9 Å². The van der Waals surface area contributed by atoms with Gasteiger partial charge in [-0.05, 0) is 141 Å². The van der Waals surface area contributed by atoms with Crippen molar-refractivity contribution in [1.82, 2.24) is 19.5 Å². The Bertz CT molecular complexity index is 2560. The van der Waals surface area contributed by atoms with E-state index in [1.165, 1.54) is 11.1 Å². The average Bonchev–Trinajstić information content (AvgIpc) is 3.76. The van der Waals surface area contributed by atoms with Crippen LogP contribution < -0.4 is 19.7 Å². The molecule has 63 heavy (non-hydrogen) atoms. The van der Waals surface area contributed by atoms with E-state index in [9.17, 15) is 18.3 Å². The molecule has 0 saturated carbocycles. The van der Waals surface area contributed by atoms with Gasteiger partial charge < -0.3 is 34.7 Å². The molecule has 1 aliphatic carbocycles. The highest BCUT2D eigenvalue weighted by atomic mass is 35.5. The first kappa shape index (κ1) is 43.4. The maximum atomic E-state index is 14.0. The fourth-order valence-electron chi connectivity index (χ4n) is 9.67. The SMILES string of the molecule is Cc1cc(S(=O)(=O)NC(=O)c2ccc(N3CCN(CC4=C(c5ccc(Cl)cc5)CCC(O)C4)CC3)cc2Oc2ccc3[nH]ccc3c2)ccc1NC1CCN(C2CCOCC2)CC1. The standard InChI is InChI=1S/C49H57ClN6O6S/c1-33-28-43(9-13-46(33)52-38-15-20-55(21-16-38)39-17-26-61-27-18-39)63(59,60)53-49(58)45-10-6-40(31-48(45)62-42-8-12-47-35(30-42)14-19-51-47)56-24-22-54(23-25-56)32-36-29-41(57)7-11-44(36)34-2-4-37(50)5-3-34/h2-6,8-10,12-14,19,28,30-31,38-39,41,51-52,57H,7,11,15-18,20-27,29,32H2,1H3,(H,53,58). The number of piperazine rings is 1. The van der Waals surface area contributed by atoms with Crippen molar-refractivity contribution in [3.05, 3.63) is 118 Å². The molecule has 3 saturated heterocycles. The summed E-state index contributed by atoms with van der Waals surface area (Å²) in [7, 11) is -4.23. The first-order valence-corrected chi connectivity index (χ1v) is 24.2. The molecule has 4 heterocycles. The summed E-state index contributed by atoms with van der Waals surface area (Å²) in [6.07, 6.45) is 7.97. The van der Waals surface area contributed by atoms with Crippen molar-refractivity contribution < 1.29 is 27.8 Å². The topological polar surface area (TPSA) is 139 Å². The highest BCUT2D eigenvalue weighted by Gasteiger charge is 2.29. The fraction of sp³-hybridized carbons (Fsp3) is 0.408. The van der Waals surface area contributed by atoms with Gasteiger partial charge >= 0.3 is 0 Å². The molecule has 0 radical (unpaired) electrons. The Morgan fingerprint density at radius 2 is 1.67 bits per heavy atom. The van der Waals surface area contributed by atoms with Gasteiger partial charge in [0.05, 0.1) is 16.6 Å². The molecule has 1 amide bonds. The summed E-state index contributed by atoms with van der Waals surface area (Å²) in [4.78, 5) is 24.5. The second kappa shape index (κ2) is 19.1. The molecule has 5 aromatic rings. The number of nitrogens with one attached hydrogen (secondary N) is 3. The molecule has 0 bridgehead atoms. The molecule has 0 spiro atoms. The number of likely N-dealkylation sites (tertiary alicyclic amines) is 1. The van der Waals surface area contributed by atoms with Crippen LogP contribution in [0, 0.1) is 6.92 Å². The molecule has 12 nitrogen and oxygen atoms in total. The molecular weight excluding hydrogens is 836 g/mol. The largest absolute Gasteiger partial charge is 0.456 e. The Morgan fingerprint density at radius 1 is 0.889 bits per heavy atom. The molecule has 4 aromatic carbocycles. The van der Waals surface area contributed by atoms with Gasteiger partial charge in [-0.15, -0.1) is 0 Å². The number of benzene rings is 4. The predicted octanol–water partition coefficient (Wildman–Crippen LogP) is 8.22. The van der Waals surface area contributed by atoms with Gasteiger partial charge in [-0.2, -0.15) is 0 Å². The average molecular weight is 894 g/mol. The lowest BCUT2D eigenvalue weighted by molar-refractivity contribution is 0.0262. The zero-order valence-electron chi connectivity index (χ0n) is 35.8. The van der Waals surface area contributed by atoms with E-state index in [4.69, 9.17) is 21.1 Å². The quantitative estimate of drug-likeness (QED) is 0.0970. The molecule has 332 valence electrons. The number of aliphatic hydroxyl groups is 1. The van der Waals surface area contributed by atoms with Crippen LogP contribution in [0.2, 0.25) is 5.02 Å². The summed E-state index contributed by atoms with van der Waals surface area (Å²) in [6.45, 7) is 9.49. The summed E-state index contributed by atoms with van der Waals surface area (Å²) in [5.74, 6) is -0.00174. The third-order valence-corrected chi connectivity index (χ3v) is 14.9. The molecule has 9 rings (SSSR count). The number of carbonyl (C=O) groups is 1. The summed E-state index contributed by atoms with van der Waals surface area (Å²) in [5, 5.41) is 15.9. The first-order chi connectivity index (χ1) is 30.5. The number of sulfonamides is 1. The summed E-state index contributed by atoms with van der Waals surface area (Å²) in [6, 6.07) is 26.8. The lowest BCUT2D eigenvalue weighted by atomic mass is 9.85. The fourth-order valence-corrected chi connectivity index (χ4v) is 10.8. The van der Waals surface area contributed by atoms with E-state index in [1.54, 1.807) is 24.3 Å². The molecule has 3 aliphatic heterocycles. The molecule has 4 aliphatic rings. The van der Waals surface area contributed by atoms with Crippen molar-refractivity contribution >= 4 is 55.4 Å². The highest BCUT2D eigenvalue weighted by molar-refractivity contribution is 7.90. The van der Waals surface area contributed by atoms with Crippen LogP contribution in [0.1, 0.15) is 66.4 Å². The van der Waals surface area contributed by atoms with Crippen molar-refractivity contribution in [1.29, 1.82) is 0 Å². The third kappa shape index (κ3) is 10.2. The minimum atomic E-state index is -4.23. The first-order valence-electron chi connectivity index (χ1n) is 22.3. The van der Waals surface area contributed by atoms with Crippen molar-refractivity contribution in [2.45, 2.75) is 75.0 Å². The summed E-state index contributed by atoms with van der Waals surface area (Å²) < 4.78 is 42.0. The van der Waals surface area contributed by atoms with Gasteiger partial charge in [0.2, 0.25) is 0 Å². The van der Waals surface area contributed by atoms with Gasteiger partial charge in [0.15, 0.2) is 0 Å². The minimum Gasteiger partial charge on any atom is -0.456 e. The third-order valence-electron chi connectivity index (χ3n) is 13.3. The minimum absolute atomic E-state index is 0.0156. The molecule has 1 unspecified atom stereocenters. The summed E-state index contributed by atoms with van der Waals surface area (Å²) in [5.41, 5.74) is 7.34. The number of hydrogen-bond acceptors (Lipinski definition) is 10. The van der Waals surface area contributed by atoms with E-state index in [0.29, 0.717) is 29.3 Å². The smallest absolute Gasteiger partial charge is 0.268 e. The van der Waals surface area contributed by atoms with E-state index in [0.717, 1.165) is 131 Å². The van der Waals surface area contributed by atoms with Gasteiger partial charge in [0, 0.05) is 111 Å². The molecular formula is C49H57ClN6O6S. The number of piperidine rings is 1. The van der Waals surface area contributed by atoms with Crippen molar-refractivity contribution in [2.75, 3.05) is 69.2 Å². The number of aromatic nitrogens is 1. The summed E-state index contributed by atoms with van der Waals surface area (Å²) >= 11 is 6.19. The van der Waals surface area contributed by atoms with Crippen LogP contribution in [-0.2, 0) is 14.8 Å². The van der Waals surface area contributed by atoms with E-state index in [1.807, 2.05) is 61.7 Å². The number of aryl methyl sites for hydroxylation is 1. The van der Waals surface area contributed by atoms with Crippen LogP contribution in [-0.4, -0.2) is 111 Å². The molecule has 3 fully saturated rings. The number of rotatable bonds is 12. The zero-order valence-corrected chi connectivity index (χ0v) is 37.4. The van der Waals surface area contributed by atoms with Gasteiger partial charge in [-0.1, -0.05) is 23.7 Å². The van der Waals surface area contributed by atoms with Crippen LogP contribution in [0.5, 0.6) is 11.5 Å². The number of aromatic amines is 1. The number of allylic oxidation sites excluding steroid dienone is 1. The Labute approximate surface area is 375 Å². The maximum Gasteiger partial charge on any atom is 0.268 e. The van der Waals surface area contributed by atoms with E-state index in [2.05, 4.69) is 41.9 Å². The number of anilines is 2. The van der Waals surface area contributed by atoms with Crippen molar-refractivity contribution in [3.8, 4) is 11.5 Å². The van der Waals surface area contributed by atoms with Gasteiger partial charge in [0.1, 0.15) is 11.5 Å². The van der Waals surface area contributed by atoms with Crippen LogP contribution in [0.25, 0.3) is 16.5 Å². The lowest BCUT2D eigenvalue weighted by Gasteiger charge is -2.39. The maximum absolute atomic E-state index is 14.0. The number of amides is 1. The second-order valence-electron chi connectivity index (χ2n) is 17.5. The van der Waals surface area contributed by atoms with Gasteiger partial charge in [-0.25, -0.2) is 13.1 Å². The predicted molar refractivity (Wildman–Crippen MR) is 250 cm³/mol. The number of carbonyl (C=O) groups excluding carboxylic acids is 1. The number of hydrogen-bond donors (Lipinski definition) is 4. The van der Waals surface area contributed by atoms with Crippen molar-refractivity contribution in [3.63, 3.8) is 0 Å². The molecule has 1 atom stereocenters. The van der Waals surface area contributed by atoms with E-state index >= 15 is 0 Å². The highest BCUT2D eigenvalue weighted by Crippen LogP contribution is 2.36. The van der Waals surface area contributed by atoms with Crippen LogP contribution in [0.3, 0.4) is 0 Å². The monoisotopic (exact) mass is 892 g/mol. The van der Waals surface area contributed by atoms with Crippen molar-refractivity contribution in [2.24, 2.45) is 0 Å². The number of aliphatic hydroxyl groups excluding tert-OH is 1. The number of nitrogens with zero attached hydrogens (tertiary/aromatic N) is 3. The Hall–Kier alpha value is -4.89. The number of fused-ring (bicyclic) bond motifs is 1. The van der Waals surface area contributed by atoms with Gasteiger partial charge in [-0.3, -0.25) is 9.69 Å². The van der Waals surface area contributed by atoms with Crippen LogP contribution in [0.4, 0.5) is 11.4 Å². The number of ether oxygens (including phenoxy) is 2. The lowest BCUT2D eigenvalue weighted by Crippen LogP contribution is -2.47. The normalized spacial score (nSPS) is 20.0. The molecule has 1 aromatic heterocycles. The second-order valence-corrected chi connectivity index (χ2v) is 19.6. The van der Waals surface area contributed by atoms with Crippen LogP contribution in [0.15, 0.2) is 102 Å². The van der Waals surface area contributed by atoms with E-state index in [-0.39, 0.29) is 22.3 Å². The number of H-pyrrole nitrogens is 1. The van der Waals surface area contributed by atoms with Crippen LogP contribution >= 0.6 is 11.6 Å². The zero-order chi connectivity index (χ0) is 43.5. The van der Waals surface area contributed by atoms with E-state index < -0.39 is 15.9 Å². The number of halogens is 1. The molecule has 4 N–H and O–H groups in total. The Kier molecular flexibility index (Phi) is 13.1. The Balaban J connectivity index is 0.883. The molecule has 14 heteroatoms.